The van der Waals surface area contributed by atoms with Crippen LogP contribution >= 0.6 is 0 Å². The Hall–Kier alpha value is -3.16. The molecular formula is C29H33F2N3O2. The van der Waals surface area contributed by atoms with Gasteiger partial charge in [0.05, 0.1) is 17.8 Å². The predicted octanol–water partition coefficient (Wildman–Crippen LogP) is 4.88. The minimum Gasteiger partial charge on any atom is -0.390 e. The molecule has 0 bridgehead atoms. The second-order valence-electron chi connectivity index (χ2n) is 9.68. The van der Waals surface area contributed by atoms with Crippen molar-refractivity contribution in [3.05, 3.63) is 89.6 Å². The lowest BCUT2D eigenvalue weighted by molar-refractivity contribution is -0.120. The maximum atomic E-state index is 13.7. The summed E-state index contributed by atoms with van der Waals surface area (Å²) in [5.41, 5.74) is 3.13. The Morgan fingerprint density at radius 2 is 1.78 bits per heavy atom. The van der Waals surface area contributed by atoms with Gasteiger partial charge in [-0.2, -0.15) is 0 Å². The number of carbonyl (C=O) groups is 1. The molecule has 0 saturated heterocycles. The average molecular weight is 494 g/mol. The summed E-state index contributed by atoms with van der Waals surface area (Å²) in [7, 11) is 0. The van der Waals surface area contributed by atoms with Crippen LogP contribution in [0.2, 0.25) is 0 Å². The van der Waals surface area contributed by atoms with Crippen molar-refractivity contribution in [1.29, 1.82) is 0 Å². The van der Waals surface area contributed by atoms with Gasteiger partial charge in [-0.1, -0.05) is 43.5 Å². The summed E-state index contributed by atoms with van der Waals surface area (Å²) in [5, 5.41) is 17.5. The highest BCUT2D eigenvalue weighted by atomic mass is 19.1. The zero-order chi connectivity index (χ0) is 25.5. The predicted molar refractivity (Wildman–Crippen MR) is 136 cm³/mol. The van der Waals surface area contributed by atoms with Gasteiger partial charge >= 0.3 is 0 Å². The average Bonchev–Trinajstić information content (AvgIpc) is 2.87. The lowest BCUT2D eigenvalue weighted by Gasteiger charge is -2.40. The van der Waals surface area contributed by atoms with Crippen LogP contribution < -0.4 is 10.6 Å². The van der Waals surface area contributed by atoms with Crippen LogP contribution in [0, 0.1) is 11.6 Å². The van der Waals surface area contributed by atoms with Gasteiger partial charge in [-0.25, -0.2) is 8.78 Å². The molecule has 7 heteroatoms. The highest BCUT2D eigenvalue weighted by Gasteiger charge is 2.35. The van der Waals surface area contributed by atoms with Gasteiger partial charge in [0.25, 0.3) is 0 Å². The number of halogens is 2. The van der Waals surface area contributed by atoms with Crippen molar-refractivity contribution in [2.45, 2.75) is 63.1 Å². The van der Waals surface area contributed by atoms with Crippen LogP contribution in [0.25, 0.3) is 11.3 Å². The van der Waals surface area contributed by atoms with E-state index in [1.165, 1.54) is 19.1 Å². The van der Waals surface area contributed by atoms with Crippen molar-refractivity contribution in [1.82, 2.24) is 15.6 Å². The van der Waals surface area contributed by atoms with E-state index >= 15 is 0 Å². The number of hydrogen-bond donors (Lipinski definition) is 3. The maximum absolute atomic E-state index is 13.7. The van der Waals surface area contributed by atoms with E-state index in [0.29, 0.717) is 5.56 Å². The summed E-state index contributed by atoms with van der Waals surface area (Å²) in [5.74, 6) is -1.69. The number of amides is 1. The van der Waals surface area contributed by atoms with Crippen molar-refractivity contribution in [3.63, 3.8) is 0 Å². The van der Waals surface area contributed by atoms with Crippen molar-refractivity contribution in [3.8, 4) is 11.3 Å². The molecule has 1 heterocycles. The molecule has 2 atom stereocenters. The van der Waals surface area contributed by atoms with Crippen molar-refractivity contribution in [2.24, 2.45) is 0 Å². The highest BCUT2D eigenvalue weighted by molar-refractivity contribution is 5.73. The fourth-order valence-electron chi connectivity index (χ4n) is 5.20. The molecule has 0 radical (unpaired) electrons. The van der Waals surface area contributed by atoms with E-state index in [9.17, 15) is 18.7 Å². The number of rotatable bonds is 9. The molecule has 190 valence electrons. The first-order valence-corrected chi connectivity index (χ1v) is 12.5. The number of aliphatic hydroxyl groups excluding tert-OH is 1. The van der Waals surface area contributed by atoms with E-state index in [1.54, 1.807) is 6.20 Å². The van der Waals surface area contributed by atoms with E-state index in [-0.39, 0.29) is 24.4 Å². The number of benzene rings is 2. The van der Waals surface area contributed by atoms with E-state index in [0.717, 1.165) is 55.0 Å². The van der Waals surface area contributed by atoms with E-state index in [2.05, 4.69) is 27.8 Å². The Morgan fingerprint density at radius 3 is 2.44 bits per heavy atom. The highest BCUT2D eigenvalue weighted by Crippen LogP contribution is 2.38. The number of pyridine rings is 1. The van der Waals surface area contributed by atoms with Gasteiger partial charge in [0.15, 0.2) is 0 Å². The maximum Gasteiger partial charge on any atom is 0.217 e. The Bertz CT molecular complexity index is 1150. The monoisotopic (exact) mass is 493 g/mol. The second-order valence-corrected chi connectivity index (χ2v) is 9.68. The molecule has 0 aliphatic heterocycles. The third-order valence-corrected chi connectivity index (χ3v) is 6.96. The Morgan fingerprint density at radius 1 is 1.03 bits per heavy atom. The molecule has 4 rings (SSSR count). The fraction of sp³-hybridized carbons (Fsp3) is 0.379. The van der Waals surface area contributed by atoms with Crippen molar-refractivity contribution < 1.29 is 18.7 Å². The minimum atomic E-state index is -0.960. The summed E-state index contributed by atoms with van der Waals surface area (Å²) in [4.78, 5) is 16.3. The zero-order valence-corrected chi connectivity index (χ0v) is 20.5. The van der Waals surface area contributed by atoms with Gasteiger partial charge in [-0.15, -0.1) is 0 Å². The summed E-state index contributed by atoms with van der Waals surface area (Å²) >= 11 is 0. The fourth-order valence-corrected chi connectivity index (χ4v) is 5.20. The number of hydrogen-bond acceptors (Lipinski definition) is 4. The van der Waals surface area contributed by atoms with Crippen LogP contribution in [-0.2, 0) is 16.8 Å². The number of nitrogens with one attached hydrogen (secondary N) is 2. The summed E-state index contributed by atoms with van der Waals surface area (Å²) in [6, 6.07) is 16.7. The first-order valence-electron chi connectivity index (χ1n) is 12.5. The molecule has 2 aromatic carbocycles. The second kappa shape index (κ2) is 11.7. The topological polar surface area (TPSA) is 74.2 Å². The normalized spacial score (nSPS) is 16.8. The molecule has 1 aliphatic rings. The van der Waals surface area contributed by atoms with E-state index < -0.39 is 23.8 Å². The molecule has 0 unspecified atom stereocenters. The molecular weight excluding hydrogens is 460 g/mol. The van der Waals surface area contributed by atoms with Crippen LogP contribution in [0.15, 0.2) is 66.9 Å². The molecule has 36 heavy (non-hydrogen) atoms. The molecule has 1 aliphatic carbocycles. The summed E-state index contributed by atoms with van der Waals surface area (Å²) in [6.45, 7) is 1.58. The van der Waals surface area contributed by atoms with Crippen LogP contribution in [0.4, 0.5) is 8.78 Å². The standard InChI is InChI=1S/C29H33F2N3O2/c1-20(35)34-27(16-21-14-24(30)18-25(31)15-21)28(36)19-33-29(11-4-2-5-12-29)23-9-7-8-22(17-23)26-10-3-6-13-32-26/h3,6-10,13-15,17-18,27-28,33,36H,2,4-5,11-12,16,19H2,1H3,(H,34,35)/t27-,28-/m0/s1. The van der Waals surface area contributed by atoms with Gasteiger partial charge in [-0.05, 0) is 60.7 Å². The number of nitrogens with zero attached hydrogens (tertiary/aromatic N) is 1. The number of carbonyl (C=O) groups excluding carboxylic acids is 1. The minimum absolute atomic E-state index is 0.110. The molecule has 5 nitrogen and oxygen atoms in total. The van der Waals surface area contributed by atoms with Crippen LogP contribution in [-0.4, -0.2) is 34.7 Å². The molecule has 3 aromatic rings. The van der Waals surface area contributed by atoms with Crippen molar-refractivity contribution in [2.75, 3.05) is 6.54 Å². The largest absolute Gasteiger partial charge is 0.390 e. The van der Waals surface area contributed by atoms with Gasteiger partial charge in [0.2, 0.25) is 5.91 Å². The van der Waals surface area contributed by atoms with Gasteiger partial charge in [0.1, 0.15) is 11.6 Å². The smallest absolute Gasteiger partial charge is 0.217 e. The molecule has 1 saturated carbocycles. The lowest BCUT2D eigenvalue weighted by Crippen LogP contribution is -2.53. The van der Waals surface area contributed by atoms with Crippen LogP contribution in [0.3, 0.4) is 0 Å². The van der Waals surface area contributed by atoms with Crippen LogP contribution in [0.5, 0.6) is 0 Å². The van der Waals surface area contributed by atoms with Gasteiger partial charge in [0, 0.05) is 36.8 Å². The Balaban J connectivity index is 1.54. The molecule has 1 amide bonds. The first-order chi connectivity index (χ1) is 17.3. The third-order valence-electron chi connectivity index (χ3n) is 6.96. The number of aromatic nitrogens is 1. The molecule has 3 N–H and O–H groups in total. The third kappa shape index (κ3) is 6.53. The summed E-state index contributed by atoms with van der Waals surface area (Å²) < 4.78 is 27.4. The zero-order valence-electron chi connectivity index (χ0n) is 20.5. The van der Waals surface area contributed by atoms with E-state index in [4.69, 9.17) is 0 Å². The van der Waals surface area contributed by atoms with Gasteiger partial charge in [-0.3, -0.25) is 9.78 Å². The number of aliphatic hydroxyl groups is 1. The first kappa shape index (κ1) is 25.9. The molecule has 1 aromatic heterocycles. The SMILES string of the molecule is CC(=O)N[C@@H](Cc1cc(F)cc(F)c1)[C@@H](O)CNC1(c2cccc(-c3ccccn3)c2)CCCCC1. The Kier molecular flexibility index (Phi) is 8.44. The van der Waals surface area contributed by atoms with Crippen molar-refractivity contribution >= 4 is 5.91 Å². The van der Waals surface area contributed by atoms with Crippen LogP contribution in [0.1, 0.15) is 50.2 Å². The lowest BCUT2D eigenvalue weighted by atomic mass is 9.76. The van der Waals surface area contributed by atoms with E-state index in [1.807, 2.05) is 30.3 Å². The Labute approximate surface area is 211 Å². The molecule has 1 fully saturated rings. The van der Waals surface area contributed by atoms with Gasteiger partial charge < -0.3 is 15.7 Å². The quantitative estimate of drug-likeness (QED) is 0.397. The summed E-state index contributed by atoms with van der Waals surface area (Å²) in [6.07, 6.45) is 6.06. The molecule has 0 spiro atoms.